The third kappa shape index (κ3) is 2.68. The van der Waals surface area contributed by atoms with Crippen molar-refractivity contribution >= 4 is 5.71 Å². The Labute approximate surface area is 67.2 Å². The van der Waals surface area contributed by atoms with Crippen LogP contribution in [0.3, 0.4) is 0 Å². The smallest absolute Gasteiger partial charge is 0.0351 e. The summed E-state index contributed by atoms with van der Waals surface area (Å²) in [4.78, 5) is 0. The minimum absolute atomic E-state index is 0. The SMILES string of the molecule is CC1=CCC(=N)C=C1.[V]. The van der Waals surface area contributed by atoms with E-state index in [9.17, 15) is 0 Å². The molecule has 0 aromatic heterocycles. The van der Waals surface area contributed by atoms with Gasteiger partial charge in [-0.3, -0.25) is 0 Å². The van der Waals surface area contributed by atoms with Crippen LogP contribution in [0.1, 0.15) is 13.3 Å². The van der Waals surface area contributed by atoms with Gasteiger partial charge in [0.05, 0.1) is 0 Å². The first-order chi connectivity index (χ1) is 3.79. The Kier molecular flexibility index (Phi) is 3.59. The van der Waals surface area contributed by atoms with Crippen molar-refractivity contribution in [3.8, 4) is 0 Å². The molecule has 0 atom stereocenters. The van der Waals surface area contributed by atoms with E-state index < -0.39 is 0 Å². The van der Waals surface area contributed by atoms with E-state index in [0.717, 1.165) is 6.42 Å². The van der Waals surface area contributed by atoms with E-state index in [1.54, 1.807) is 0 Å². The van der Waals surface area contributed by atoms with Crippen LogP contribution in [0.15, 0.2) is 23.8 Å². The normalized spacial score (nSPS) is 16.6. The predicted molar refractivity (Wildman–Crippen MR) is 35.2 cm³/mol. The molecule has 0 unspecified atom stereocenters. The molecule has 0 saturated carbocycles. The number of hydrogen-bond acceptors (Lipinski definition) is 1. The summed E-state index contributed by atoms with van der Waals surface area (Å²) in [5.74, 6) is 0. The molecule has 0 bridgehead atoms. The molecule has 1 aliphatic carbocycles. The monoisotopic (exact) mass is 158 g/mol. The Morgan fingerprint density at radius 1 is 1.44 bits per heavy atom. The average molecular weight is 158 g/mol. The van der Waals surface area contributed by atoms with Gasteiger partial charge in [-0.05, 0) is 13.0 Å². The summed E-state index contributed by atoms with van der Waals surface area (Å²) in [6, 6.07) is 0. The van der Waals surface area contributed by atoms with Gasteiger partial charge in [-0.2, -0.15) is 0 Å². The van der Waals surface area contributed by atoms with Crippen LogP contribution in [0.25, 0.3) is 0 Å². The standard InChI is InChI=1S/C7H9N.V/c1-6-2-4-7(8)5-3-6;/h2-4,8H,5H2,1H3;. The van der Waals surface area contributed by atoms with Crippen molar-refractivity contribution in [1.82, 2.24) is 0 Å². The topological polar surface area (TPSA) is 23.9 Å². The fraction of sp³-hybridized carbons (Fsp3) is 0.286. The molecule has 0 spiro atoms. The van der Waals surface area contributed by atoms with Crippen LogP contribution in [0.5, 0.6) is 0 Å². The molecule has 1 radical (unpaired) electrons. The minimum atomic E-state index is 0. The fourth-order valence-electron chi connectivity index (χ4n) is 0.639. The van der Waals surface area contributed by atoms with Gasteiger partial charge in [0, 0.05) is 30.7 Å². The van der Waals surface area contributed by atoms with Gasteiger partial charge in [0.1, 0.15) is 0 Å². The summed E-state index contributed by atoms with van der Waals surface area (Å²) in [7, 11) is 0. The zero-order valence-corrected chi connectivity index (χ0v) is 6.78. The second kappa shape index (κ2) is 3.70. The fourth-order valence-corrected chi connectivity index (χ4v) is 0.639. The van der Waals surface area contributed by atoms with Gasteiger partial charge >= 0.3 is 0 Å². The van der Waals surface area contributed by atoms with Crippen LogP contribution >= 0.6 is 0 Å². The Balaban J connectivity index is 0.000000640. The maximum atomic E-state index is 7.15. The van der Waals surface area contributed by atoms with E-state index in [1.807, 2.05) is 19.1 Å². The van der Waals surface area contributed by atoms with Gasteiger partial charge in [-0.1, -0.05) is 17.7 Å². The van der Waals surface area contributed by atoms with Crippen LogP contribution in [0, 0.1) is 5.41 Å². The molecule has 1 nitrogen and oxygen atoms in total. The molecule has 0 aromatic rings. The van der Waals surface area contributed by atoms with Crippen LogP contribution in [-0.4, -0.2) is 5.71 Å². The Morgan fingerprint density at radius 3 is 2.44 bits per heavy atom. The van der Waals surface area contributed by atoms with Crippen molar-refractivity contribution < 1.29 is 18.6 Å². The molecule has 0 amide bonds. The average Bonchev–Trinajstić information content (AvgIpc) is 1.77. The molecule has 1 rings (SSSR count). The number of allylic oxidation sites excluding steroid dienone is 4. The third-order valence-electron chi connectivity index (χ3n) is 1.19. The van der Waals surface area contributed by atoms with Crippen LogP contribution < -0.4 is 0 Å². The Morgan fingerprint density at radius 2 is 2.11 bits per heavy atom. The van der Waals surface area contributed by atoms with Gasteiger partial charge in [0.2, 0.25) is 0 Å². The van der Waals surface area contributed by atoms with E-state index in [0.29, 0.717) is 5.71 Å². The molecule has 0 fully saturated rings. The number of nitrogens with one attached hydrogen (secondary N) is 1. The maximum absolute atomic E-state index is 7.15. The van der Waals surface area contributed by atoms with Crippen molar-refractivity contribution in [2.45, 2.75) is 13.3 Å². The minimum Gasteiger partial charge on any atom is -0.305 e. The van der Waals surface area contributed by atoms with Crippen LogP contribution in [0.4, 0.5) is 0 Å². The van der Waals surface area contributed by atoms with E-state index in [4.69, 9.17) is 5.41 Å². The van der Waals surface area contributed by atoms with E-state index in [1.165, 1.54) is 5.57 Å². The van der Waals surface area contributed by atoms with Gasteiger partial charge in [0.25, 0.3) is 0 Å². The Hall–Kier alpha value is -0.266. The Bertz CT molecular complexity index is 165. The molecule has 47 valence electrons. The second-order valence-electron chi connectivity index (χ2n) is 2.01. The first kappa shape index (κ1) is 8.73. The maximum Gasteiger partial charge on any atom is 0.0351 e. The summed E-state index contributed by atoms with van der Waals surface area (Å²) < 4.78 is 0. The summed E-state index contributed by atoms with van der Waals surface area (Å²) in [5.41, 5.74) is 1.97. The van der Waals surface area contributed by atoms with E-state index in [2.05, 4.69) is 6.08 Å². The van der Waals surface area contributed by atoms with E-state index >= 15 is 0 Å². The first-order valence-electron chi connectivity index (χ1n) is 2.71. The predicted octanol–water partition coefficient (Wildman–Crippen LogP) is 1.91. The molecular formula is C7H9NV. The van der Waals surface area contributed by atoms with Crippen molar-refractivity contribution in [2.75, 3.05) is 0 Å². The molecule has 1 aliphatic rings. The zero-order valence-electron chi connectivity index (χ0n) is 5.39. The number of hydrogen-bond donors (Lipinski definition) is 1. The summed E-state index contributed by atoms with van der Waals surface area (Å²) in [6.07, 6.45) is 6.67. The van der Waals surface area contributed by atoms with Crippen molar-refractivity contribution in [3.05, 3.63) is 23.8 Å². The molecule has 1 N–H and O–H groups in total. The molecule has 0 heterocycles. The van der Waals surface area contributed by atoms with Crippen molar-refractivity contribution in [1.29, 1.82) is 5.41 Å². The number of rotatable bonds is 0. The third-order valence-corrected chi connectivity index (χ3v) is 1.19. The largest absolute Gasteiger partial charge is 0.305 e. The van der Waals surface area contributed by atoms with Crippen LogP contribution in [-0.2, 0) is 18.6 Å². The molecule has 0 aromatic carbocycles. The van der Waals surface area contributed by atoms with Gasteiger partial charge in [0.15, 0.2) is 0 Å². The van der Waals surface area contributed by atoms with Crippen LogP contribution in [0.2, 0.25) is 0 Å². The zero-order chi connectivity index (χ0) is 5.98. The molecule has 9 heavy (non-hydrogen) atoms. The van der Waals surface area contributed by atoms with Crippen molar-refractivity contribution in [2.24, 2.45) is 0 Å². The molecule has 0 saturated heterocycles. The summed E-state index contributed by atoms with van der Waals surface area (Å²) in [5, 5.41) is 7.15. The summed E-state index contributed by atoms with van der Waals surface area (Å²) >= 11 is 0. The second-order valence-corrected chi connectivity index (χ2v) is 2.01. The van der Waals surface area contributed by atoms with Gasteiger partial charge in [-0.15, -0.1) is 0 Å². The molecular weight excluding hydrogens is 149 g/mol. The summed E-state index contributed by atoms with van der Waals surface area (Å²) in [6.45, 7) is 2.04. The molecule has 2 heteroatoms. The van der Waals surface area contributed by atoms with E-state index in [-0.39, 0.29) is 18.6 Å². The van der Waals surface area contributed by atoms with Gasteiger partial charge < -0.3 is 5.41 Å². The first-order valence-corrected chi connectivity index (χ1v) is 2.71. The molecule has 0 aliphatic heterocycles. The van der Waals surface area contributed by atoms with Crippen molar-refractivity contribution in [3.63, 3.8) is 0 Å². The quantitative estimate of drug-likeness (QED) is 0.556. The van der Waals surface area contributed by atoms with Gasteiger partial charge in [-0.25, -0.2) is 0 Å².